The molecule has 0 fully saturated rings. The zero-order chi connectivity index (χ0) is 28.3. The molecule has 0 N–H and O–H groups in total. The summed E-state index contributed by atoms with van der Waals surface area (Å²) in [6.07, 6.45) is 0. The van der Waals surface area contributed by atoms with Crippen molar-refractivity contribution in [3.63, 3.8) is 0 Å². The Hall–Kier alpha value is -5.45. The second-order valence-corrected chi connectivity index (χ2v) is 11.9. The molecule has 0 radical (unpaired) electrons. The van der Waals surface area contributed by atoms with E-state index in [4.69, 9.17) is 15.0 Å². The van der Waals surface area contributed by atoms with Gasteiger partial charge in [0.05, 0.1) is 0 Å². The molecule has 4 heteroatoms. The van der Waals surface area contributed by atoms with Crippen LogP contribution < -0.4 is 0 Å². The molecule has 3 nitrogen and oxygen atoms in total. The minimum atomic E-state index is 0.667. The van der Waals surface area contributed by atoms with Crippen molar-refractivity contribution in [3.05, 3.63) is 140 Å². The van der Waals surface area contributed by atoms with Gasteiger partial charge in [0.2, 0.25) is 0 Å². The maximum atomic E-state index is 5.17. The molecule has 0 unspecified atom stereocenters. The summed E-state index contributed by atoms with van der Waals surface area (Å²) in [7, 11) is 0. The molecule has 3 heterocycles. The second-order valence-electron chi connectivity index (χ2n) is 10.8. The maximum Gasteiger partial charge on any atom is 0.164 e. The Morgan fingerprint density at radius 2 is 0.930 bits per heavy atom. The van der Waals surface area contributed by atoms with E-state index in [0.717, 1.165) is 49.0 Å². The van der Waals surface area contributed by atoms with Crippen LogP contribution in [0, 0.1) is 0 Å². The summed E-state index contributed by atoms with van der Waals surface area (Å²) in [5.41, 5.74) is 4.58. The van der Waals surface area contributed by atoms with Crippen LogP contribution in [0.15, 0.2) is 140 Å². The molecular formula is C39H23N3S. The van der Waals surface area contributed by atoms with Crippen LogP contribution >= 0.6 is 11.3 Å². The van der Waals surface area contributed by atoms with Gasteiger partial charge in [-0.2, -0.15) is 0 Å². The number of nitrogens with zero attached hydrogens (tertiary/aromatic N) is 3. The van der Waals surface area contributed by atoms with Crippen LogP contribution in [0.25, 0.3) is 86.3 Å². The van der Waals surface area contributed by atoms with Crippen molar-refractivity contribution in [3.8, 4) is 22.5 Å². The summed E-state index contributed by atoms with van der Waals surface area (Å²) in [6.45, 7) is 0. The summed E-state index contributed by atoms with van der Waals surface area (Å²) in [5.74, 6) is 0.667. The van der Waals surface area contributed by atoms with Crippen LogP contribution in [0.1, 0.15) is 0 Å². The first-order valence-corrected chi connectivity index (χ1v) is 15.2. The van der Waals surface area contributed by atoms with Crippen molar-refractivity contribution in [1.29, 1.82) is 0 Å². The van der Waals surface area contributed by atoms with Crippen molar-refractivity contribution < 1.29 is 0 Å². The number of fused-ring (bicyclic) bond motifs is 13. The molecule has 0 aliphatic heterocycles. The topological polar surface area (TPSA) is 38.7 Å². The molecule has 9 rings (SSSR count). The Morgan fingerprint density at radius 3 is 1.63 bits per heavy atom. The number of thiophene rings is 1. The Labute approximate surface area is 251 Å². The standard InChI is InChI=1S/C39H23N3S/c1-4-16-32-27(12-1)24-10-9-11-25(22-24)28-13-2-5-17-33(28)38-40-37(32)41-39(42-38)34-18-6-3-14-29(34)26-20-21-31-30-15-7-8-19-35(30)43-36(31)23-26/h1-23H. The first kappa shape index (κ1) is 24.2. The Kier molecular flexibility index (Phi) is 5.37. The number of hydrogen-bond acceptors (Lipinski definition) is 4. The third kappa shape index (κ3) is 3.92. The number of hydrogen-bond donors (Lipinski definition) is 0. The molecule has 0 aliphatic carbocycles. The van der Waals surface area contributed by atoms with Gasteiger partial charge in [-0.3, -0.25) is 0 Å². The molecule has 3 aromatic heterocycles. The smallest absolute Gasteiger partial charge is 0.164 e. The quantitative estimate of drug-likeness (QED) is 0.209. The van der Waals surface area contributed by atoms with Crippen LogP contribution in [0.3, 0.4) is 0 Å². The minimum absolute atomic E-state index is 0.667. The van der Waals surface area contributed by atoms with Gasteiger partial charge in [0.1, 0.15) is 0 Å². The first-order valence-electron chi connectivity index (χ1n) is 14.4. The Morgan fingerprint density at radius 1 is 0.372 bits per heavy atom. The van der Waals surface area contributed by atoms with Crippen molar-refractivity contribution in [2.45, 2.75) is 0 Å². The van der Waals surface area contributed by atoms with Crippen molar-refractivity contribution in [2.24, 2.45) is 0 Å². The molecular weight excluding hydrogens is 543 g/mol. The van der Waals surface area contributed by atoms with Gasteiger partial charge in [0.15, 0.2) is 17.1 Å². The summed E-state index contributed by atoms with van der Waals surface area (Å²) in [6, 6.07) is 49.3. The van der Waals surface area contributed by atoms with E-state index >= 15 is 0 Å². The fraction of sp³-hybridized carbons (Fsp3) is 0. The van der Waals surface area contributed by atoms with Gasteiger partial charge in [-0.1, -0.05) is 121 Å². The predicted molar refractivity (Wildman–Crippen MR) is 182 cm³/mol. The van der Waals surface area contributed by atoms with Crippen LogP contribution in [0.5, 0.6) is 0 Å². The van der Waals surface area contributed by atoms with E-state index in [1.54, 1.807) is 0 Å². The van der Waals surface area contributed by atoms with Crippen LogP contribution in [0.2, 0.25) is 0 Å². The number of aromatic nitrogens is 3. The zero-order valence-electron chi connectivity index (χ0n) is 23.0. The van der Waals surface area contributed by atoms with Crippen LogP contribution in [-0.4, -0.2) is 15.0 Å². The first-order chi connectivity index (χ1) is 21.3. The van der Waals surface area contributed by atoms with Gasteiger partial charge < -0.3 is 0 Å². The highest BCUT2D eigenvalue weighted by molar-refractivity contribution is 7.25. The largest absolute Gasteiger partial charge is 0.208 e. The third-order valence-electron chi connectivity index (χ3n) is 8.31. The highest BCUT2D eigenvalue weighted by Gasteiger charge is 2.15. The number of rotatable bonds is 2. The predicted octanol–water partition coefficient (Wildman–Crippen LogP) is 10.7. The van der Waals surface area contributed by atoms with Gasteiger partial charge in [0.25, 0.3) is 0 Å². The van der Waals surface area contributed by atoms with E-state index in [9.17, 15) is 0 Å². The summed E-state index contributed by atoms with van der Waals surface area (Å²) in [5, 5.41) is 9.08. The molecule has 6 aromatic carbocycles. The highest BCUT2D eigenvalue weighted by Crippen LogP contribution is 2.38. The van der Waals surface area contributed by atoms with Gasteiger partial charge in [-0.25, -0.2) is 15.0 Å². The van der Waals surface area contributed by atoms with Gasteiger partial charge in [-0.05, 0) is 50.9 Å². The molecule has 0 saturated carbocycles. The molecule has 200 valence electrons. The van der Waals surface area contributed by atoms with Crippen LogP contribution in [-0.2, 0) is 0 Å². The van der Waals surface area contributed by atoms with E-state index < -0.39 is 0 Å². The van der Waals surface area contributed by atoms with Gasteiger partial charge >= 0.3 is 0 Å². The average Bonchev–Trinajstić information content (AvgIpc) is 3.46. The SMILES string of the molecule is c1ccc(-c2nc3nc(n2)c2ccccc2c2cccc(c2)c2ccccc32)c(-c2ccc3c(c2)sc2ccccc23)c1. The monoisotopic (exact) mass is 565 g/mol. The minimum Gasteiger partial charge on any atom is -0.208 e. The lowest BCUT2D eigenvalue weighted by Crippen LogP contribution is -1.96. The van der Waals surface area contributed by atoms with E-state index in [1.165, 1.54) is 20.2 Å². The fourth-order valence-corrected chi connectivity index (χ4v) is 7.42. The Balaban J connectivity index is 1.38. The van der Waals surface area contributed by atoms with Gasteiger partial charge in [-0.15, -0.1) is 11.3 Å². The summed E-state index contributed by atoms with van der Waals surface area (Å²) >= 11 is 1.83. The van der Waals surface area contributed by atoms with Crippen molar-refractivity contribution in [2.75, 3.05) is 0 Å². The fourth-order valence-electron chi connectivity index (χ4n) is 6.27. The maximum absolute atomic E-state index is 5.17. The van der Waals surface area contributed by atoms with Crippen molar-refractivity contribution >= 4 is 75.1 Å². The normalized spacial score (nSPS) is 11.7. The van der Waals surface area contributed by atoms with E-state index in [1.807, 2.05) is 11.3 Å². The lowest BCUT2D eigenvalue weighted by molar-refractivity contribution is 1.18. The third-order valence-corrected chi connectivity index (χ3v) is 9.45. The van der Waals surface area contributed by atoms with Crippen molar-refractivity contribution in [1.82, 2.24) is 15.0 Å². The molecule has 0 aliphatic rings. The molecule has 43 heavy (non-hydrogen) atoms. The summed E-state index contributed by atoms with van der Waals surface area (Å²) < 4.78 is 2.58. The second kappa shape index (κ2) is 9.55. The average molecular weight is 566 g/mol. The molecule has 0 spiro atoms. The van der Waals surface area contributed by atoms with E-state index in [-0.39, 0.29) is 0 Å². The van der Waals surface area contributed by atoms with Gasteiger partial charge in [0, 0.05) is 36.5 Å². The molecule has 9 aromatic rings. The lowest BCUT2D eigenvalue weighted by atomic mass is 9.98. The molecule has 4 bridgehead atoms. The Bertz CT molecular complexity index is 2490. The molecule has 0 saturated heterocycles. The van der Waals surface area contributed by atoms with E-state index in [0.29, 0.717) is 17.1 Å². The highest BCUT2D eigenvalue weighted by atomic mass is 32.1. The van der Waals surface area contributed by atoms with E-state index in [2.05, 4.69) is 140 Å². The van der Waals surface area contributed by atoms with Crippen LogP contribution in [0.4, 0.5) is 0 Å². The number of benzene rings is 6. The molecule has 0 amide bonds. The molecule has 0 atom stereocenters. The zero-order valence-corrected chi connectivity index (χ0v) is 23.8. The lowest BCUT2D eigenvalue weighted by Gasteiger charge is -2.11. The summed E-state index contributed by atoms with van der Waals surface area (Å²) in [4.78, 5) is 15.4.